The molecule has 0 atom stereocenters. The minimum absolute atomic E-state index is 0.0353. The van der Waals surface area contributed by atoms with Crippen molar-refractivity contribution in [1.29, 1.82) is 0 Å². The minimum atomic E-state index is -3.80. The minimum Gasteiger partial charge on any atom is -0.496 e. The van der Waals surface area contributed by atoms with Crippen molar-refractivity contribution in [3.8, 4) is 16.9 Å². The van der Waals surface area contributed by atoms with Crippen LogP contribution in [-0.4, -0.2) is 21.4 Å². The summed E-state index contributed by atoms with van der Waals surface area (Å²) in [6, 6.07) is 16.7. The number of halogens is 1. The predicted molar refractivity (Wildman–Crippen MR) is 133 cm³/mol. The standard InChI is InChI=1S/C25H21ClN2O5S/c1-15(11-25(29)28-18-7-9-19(10-8-18)34(27,30)31)20-12-21-22(16-3-5-17(26)6-4-16)14-33-24(21)13-23(20)32-2/h3-14H,1-2H3,(H,28,29)(H2,27,30,31)/b15-11+. The van der Waals surface area contributed by atoms with E-state index in [-0.39, 0.29) is 10.8 Å². The lowest BCUT2D eigenvalue weighted by atomic mass is 9.99. The van der Waals surface area contributed by atoms with Crippen molar-refractivity contribution in [3.63, 3.8) is 0 Å². The van der Waals surface area contributed by atoms with Crippen LogP contribution in [0.25, 0.3) is 27.7 Å². The molecular weight excluding hydrogens is 476 g/mol. The maximum absolute atomic E-state index is 12.6. The van der Waals surface area contributed by atoms with Gasteiger partial charge in [0.25, 0.3) is 0 Å². The number of carbonyl (C=O) groups is 1. The molecule has 34 heavy (non-hydrogen) atoms. The molecule has 0 saturated heterocycles. The van der Waals surface area contributed by atoms with Crippen molar-refractivity contribution in [2.75, 3.05) is 12.4 Å². The Morgan fingerprint density at radius 2 is 1.76 bits per heavy atom. The van der Waals surface area contributed by atoms with Gasteiger partial charge in [0.05, 0.1) is 18.3 Å². The van der Waals surface area contributed by atoms with Crippen LogP contribution in [0.15, 0.2) is 82.3 Å². The van der Waals surface area contributed by atoms with Crippen LogP contribution in [0.4, 0.5) is 5.69 Å². The number of anilines is 1. The Labute approximate surface area is 201 Å². The highest BCUT2D eigenvalue weighted by molar-refractivity contribution is 7.89. The van der Waals surface area contributed by atoms with Crippen LogP contribution >= 0.6 is 11.6 Å². The molecule has 0 bridgehead atoms. The average molecular weight is 497 g/mol. The van der Waals surface area contributed by atoms with Gasteiger partial charge in [-0.3, -0.25) is 4.79 Å². The second kappa shape index (κ2) is 9.34. The summed E-state index contributed by atoms with van der Waals surface area (Å²) in [5.74, 6) is 0.177. The van der Waals surface area contributed by atoms with E-state index in [1.54, 1.807) is 26.4 Å². The predicted octanol–water partition coefficient (Wildman–Crippen LogP) is 5.45. The molecule has 7 nitrogen and oxygen atoms in total. The molecule has 4 rings (SSSR count). The van der Waals surface area contributed by atoms with E-state index >= 15 is 0 Å². The third-order valence-corrected chi connectivity index (χ3v) is 6.45. The van der Waals surface area contributed by atoms with Gasteiger partial charge in [0.2, 0.25) is 15.9 Å². The number of primary sulfonamides is 1. The zero-order chi connectivity index (χ0) is 24.5. The number of nitrogens with one attached hydrogen (secondary N) is 1. The summed E-state index contributed by atoms with van der Waals surface area (Å²) in [6.45, 7) is 1.80. The summed E-state index contributed by atoms with van der Waals surface area (Å²) in [4.78, 5) is 12.6. The van der Waals surface area contributed by atoms with Gasteiger partial charge in [0.15, 0.2) is 0 Å². The topological polar surface area (TPSA) is 112 Å². The quantitative estimate of drug-likeness (QED) is 0.345. The molecular formula is C25H21ClN2O5S. The number of rotatable bonds is 6. The molecule has 0 unspecified atom stereocenters. The van der Waals surface area contributed by atoms with Gasteiger partial charge in [-0.25, -0.2) is 13.6 Å². The van der Waals surface area contributed by atoms with Crippen LogP contribution < -0.4 is 15.2 Å². The van der Waals surface area contributed by atoms with Crippen LogP contribution in [0.1, 0.15) is 12.5 Å². The van der Waals surface area contributed by atoms with Crippen molar-refractivity contribution in [3.05, 3.63) is 83.6 Å². The second-order valence-electron chi connectivity index (χ2n) is 7.59. The fourth-order valence-electron chi connectivity index (χ4n) is 3.57. The van der Waals surface area contributed by atoms with E-state index in [2.05, 4.69) is 5.32 Å². The molecule has 0 radical (unpaired) electrons. The number of benzene rings is 3. The number of hydrogen-bond acceptors (Lipinski definition) is 5. The Hall–Kier alpha value is -3.59. The molecule has 3 aromatic carbocycles. The first-order valence-electron chi connectivity index (χ1n) is 10.1. The Kier molecular flexibility index (Phi) is 6.47. The maximum atomic E-state index is 12.6. The highest BCUT2D eigenvalue weighted by Gasteiger charge is 2.15. The molecule has 0 aliphatic heterocycles. The molecule has 0 spiro atoms. The molecule has 9 heteroatoms. The zero-order valence-corrected chi connectivity index (χ0v) is 19.9. The maximum Gasteiger partial charge on any atom is 0.248 e. The highest BCUT2D eigenvalue weighted by atomic mass is 35.5. The third-order valence-electron chi connectivity index (χ3n) is 5.27. The Morgan fingerprint density at radius 1 is 1.09 bits per heavy atom. The van der Waals surface area contributed by atoms with Crippen molar-refractivity contribution in [1.82, 2.24) is 0 Å². The molecule has 0 fully saturated rings. The van der Waals surface area contributed by atoms with E-state index in [4.69, 9.17) is 25.9 Å². The number of methoxy groups -OCH3 is 1. The first-order chi connectivity index (χ1) is 16.2. The van der Waals surface area contributed by atoms with Crippen LogP contribution in [0.5, 0.6) is 5.75 Å². The molecule has 0 aliphatic rings. The molecule has 4 aromatic rings. The molecule has 174 valence electrons. The van der Waals surface area contributed by atoms with Crippen molar-refractivity contribution in [2.45, 2.75) is 11.8 Å². The molecule has 3 N–H and O–H groups in total. The molecule has 0 saturated carbocycles. The molecule has 1 heterocycles. The van der Waals surface area contributed by atoms with Crippen molar-refractivity contribution < 1.29 is 22.4 Å². The van der Waals surface area contributed by atoms with E-state index < -0.39 is 10.0 Å². The van der Waals surface area contributed by atoms with Gasteiger partial charge in [-0.15, -0.1) is 0 Å². The number of fused-ring (bicyclic) bond motifs is 1. The normalized spacial score (nSPS) is 12.1. The molecule has 0 aliphatic carbocycles. The van der Waals surface area contributed by atoms with Crippen LogP contribution in [0.3, 0.4) is 0 Å². The molecule has 1 amide bonds. The summed E-state index contributed by atoms with van der Waals surface area (Å²) in [5, 5.41) is 9.32. The lowest BCUT2D eigenvalue weighted by Crippen LogP contribution is -2.12. The highest BCUT2D eigenvalue weighted by Crippen LogP contribution is 2.37. The Morgan fingerprint density at radius 3 is 2.38 bits per heavy atom. The van der Waals surface area contributed by atoms with Gasteiger partial charge < -0.3 is 14.5 Å². The fraction of sp³-hybridized carbons (Fsp3) is 0.0800. The summed E-state index contributed by atoms with van der Waals surface area (Å²) in [6.07, 6.45) is 3.12. The number of ether oxygens (including phenoxy) is 1. The summed E-state index contributed by atoms with van der Waals surface area (Å²) >= 11 is 6.01. The van der Waals surface area contributed by atoms with Gasteiger partial charge in [0, 0.05) is 39.4 Å². The summed E-state index contributed by atoms with van der Waals surface area (Å²) in [7, 11) is -2.25. The van der Waals surface area contributed by atoms with E-state index in [9.17, 15) is 13.2 Å². The third kappa shape index (κ3) is 4.99. The smallest absolute Gasteiger partial charge is 0.248 e. The van der Waals surface area contributed by atoms with E-state index in [0.717, 1.165) is 22.1 Å². The number of furan rings is 1. The average Bonchev–Trinajstić information content (AvgIpc) is 3.21. The fourth-order valence-corrected chi connectivity index (χ4v) is 4.21. The number of nitrogens with two attached hydrogens (primary N) is 1. The summed E-state index contributed by atoms with van der Waals surface area (Å²) < 4.78 is 34.0. The van der Waals surface area contributed by atoms with Gasteiger partial charge in [0.1, 0.15) is 11.3 Å². The van der Waals surface area contributed by atoms with Crippen LogP contribution in [-0.2, 0) is 14.8 Å². The first kappa shape index (κ1) is 23.6. The van der Waals surface area contributed by atoms with Crippen molar-refractivity contribution >= 4 is 49.8 Å². The van der Waals surface area contributed by atoms with Gasteiger partial charge in [-0.05, 0) is 60.5 Å². The van der Waals surface area contributed by atoms with E-state index in [0.29, 0.717) is 27.6 Å². The van der Waals surface area contributed by atoms with Crippen LogP contribution in [0.2, 0.25) is 5.02 Å². The number of amides is 1. The first-order valence-corrected chi connectivity index (χ1v) is 12.1. The molecule has 1 aromatic heterocycles. The van der Waals surface area contributed by atoms with E-state index in [1.807, 2.05) is 30.3 Å². The lowest BCUT2D eigenvalue weighted by Gasteiger charge is -2.10. The lowest BCUT2D eigenvalue weighted by molar-refractivity contribution is -0.111. The monoisotopic (exact) mass is 496 g/mol. The number of sulfonamides is 1. The van der Waals surface area contributed by atoms with Crippen LogP contribution in [0, 0.1) is 0 Å². The number of allylic oxidation sites excluding steroid dienone is 1. The largest absolute Gasteiger partial charge is 0.496 e. The van der Waals surface area contributed by atoms with E-state index in [1.165, 1.54) is 30.3 Å². The Bertz CT molecular complexity index is 1510. The number of carbonyl (C=O) groups excluding carboxylic acids is 1. The zero-order valence-electron chi connectivity index (χ0n) is 18.3. The SMILES string of the molecule is COc1cc2occ(-c3ccc(Cl)cc3)c2cc1/C(C)=C/C(=O)Nc1ccc(S(N)(=O)=O)cc1. The van der Waals surface area contributed by atoms with Gasteiger partial charge in [-0.2, -0.15) is 0 Å². The second-order valence-corrected chi connectivity index (χ2v) is 9.59. The Balaban J connectivity index is 1.65. The number of hydrogen-bond donors (Lipinski definition) is 2. The van der Waals surface area contributed by atoms with Crippen molar-refractivity contribution in [2.24, 2.45) is 5.14 Å². The van der Waals surface area contributed by atoms with Gasteiger partial charge >= 0.3 is 0 Å². The summed E-state index contributed by atoms with van der Waals surface area (Å²) in [5.41, 5.74) is 4.32. The van der Waals surface area contributed by atoms with Gasteiger partial charge in [-0.1, -0.05) is 23.7 Å².